The van der Waals surface area contributed by atoms with Gasteiger partial charge in [0.25, 0.3) is 0 Å². The number of carbonyl (C=O) groups is 1. The number of benzene rings is 2. The molecular formula is C22H24N2O. The van der Waals surface area contributed by atoms with Crippen molar-refractivity contribution in [3.8, 4) is 0 Å². The summed E-state index contributed by atoms with van der Waals surface area (Å²) in [4.78, 5) is 12.5. The topological polar surface area (TPSA) is 34.0 Å². The van der Waals surface area contributed by atoms with E-state index in [4.69, 9.17) is 0 Å². The van der Waals surface area contributed by atoms with Crippen LogP contribution in [0, 0.1) is 6.92 Å². The first-order valence-corrected chi connectivity index (χ1v) is 8.72. The fourth-order valence-corrected chi connectivity index (χ4v) is 3.07. The summed E-state index contributed by atoms with van der Waals surface area (Å²) in [5, 5.41) is 3.06. The normalized spacial score (nSPS) is 11.9. The molecular weight excluding hydrogens is 308 g/mol. The van der Waals surface area contributed by atoms with Gasteiger partial charge in [-0.15, -0.1) is 0 Å². The summed E-state index contributed by atoms with van der Waals surface area (Å²) in [7, 11) is 0. The zero-order valence-corrected chi connectivity index (χ0v) is 14.6. The van der Waals surface area contributed by atoms with E-state index in [1.54, 1.807) is 0 Å². The summed E-state index contributed by atoms with van der Waals surface area (Å²) in [5.74, 6) is 0.0798. The Hall–Kier alpha value is -2.81. The van der Waals surface area contributed by atoms with Crippen LogP contribution in [0.15, 0.2) is 79.1 Å². The van der Waals surface area contributed by atoms with E-state index in [1.807, 2.05) is 42.7 Å². The van der Waals surface area contributed by atoms with Crippen LogP contribution in [-0.2, 0) is 11.2 Å². The van der Waals surface area contributed by atoms with Gasteiger partial charge in [-0.3, -0.25) is 4.79 Å². The molecule has 25 heavy (non-hydrogen) atoms. The Morgan fingerprint density at radius 1 is 1.00 bits per heavy atom. The van der Waals surface area contributed by atoms with E-state index in [0.717, 1.165) is 12.0 Å². The second-order valence-electron chi connectivity index (χ2n) is 6.35. The quantitative estimate of drug-likeness (QED) is 0.693. The molecule has 3 nitrogen and oxygen atoms in total. The first kappa shape index (κ1) is 17.0. The highest BCUT2D eigenvalue weighted by Gasteiger charge is 2.17. The lowest BCUT2D eigenvalue weighted by Gasteiger charge is -2.20. The number of nitrogens with one attached hydrogen (secondary N) is 1. The third kappa shape index (κ3) is 4.83. The minimum atomic E-state index is 0.0200. The van der Waals surface area contributed by atoms with Gasteiger partial charge in [-0.05, 0) is 36.6 Å². The number of nitrogens with zero attached hydrogens (tertiary/aromatic N) is 1. The molecule has 0 fully saturated rings. The first-order valence-electron chi connectivity index (χ1n) is 8.72. The molecule has 0 aliphatic rings. The third-order valence-corrected chi connectivity index (χ3v) is 4.37. The van der Waals surface area contributed by atoms with E-state index < -0.39 is 0 Å². The van der Waals surface area contributed by atoms with Crippen LogP contribution in [0.2, 0.25) is 0 Å². The highest BCUT2D eigenvalue weighted by atomic mass is 16.1. The molecule has 1 N–H and O–H groups in total. The van der Waals surface area contributed by atoms with Crippen LogP contribution in [0.4, 0.5) is 0 Å². The second-order valence-corrected chi connectivity index (χ2v) is 6.35. The number of aryl methyl sites for hydroxylation is 1. The number of carbonyl (C=O) groups excluding carboxylic acids is 1. The van der Waals surface area contributed by atoms with Crippen LogP contribution in [-0.4, -0.2) is 17.0 Å². The molecule has 0 spiro atoms. The molecule has 0 radical (unpaired) electrons. The summed E-state index contributed by atoms with van der Waals surface area (Å²) in [6, 6.07) is 22.6. The van der Waals surface area contributed by atoms with Gasteiger partial charge in [-0.1, -0.05) is 60.2 Å². The molecule has 0 aliphatic carbocycles. The summed E-state index contributed by atoms with van der Waals surface area (Å²) >= 11 is 0. The summed E-state index contributed by atoms with van der Waals surface area (Å²) in [6.45, 7) is 2.74. The number of amides is 1. The molecule has 128 valence electrons. The van der Waals surface area contributed by atoms with E-state index >= 15 is 0 Å². The van der Waals surface area contributed by atoms with Gasteiger partial charge in [0.2, 0.25) is 5.91 Å². The van der Waals surface area contributed by atoms with Crippen molar-refractivity contribution in [3.05, 3.63) is 95.8 Å². The van der Waals surface area contributed by atoms with Gasteiger partial charge >= 0.3 is 0 Å². The molecule has 1 amide bonds. The lowest BCUT2D eigenvalue weighted by Crippen LogP contribution is -2.28. The highest BCUT2D eigenvalue weighted by molar-refractivity contribution is 5.76. The lowest BCUT2D eigenvalue weighted by molar-refractivity contribution is -0.121. The van der Waals surface area contributed by atoms with E-state index in [0.29, 0.717) is 13.0 Å². The zero-order valence-electron chi connectivity index (χ0n) is 14.6. The number of aromatic nitrogens is 1. The van der Waals surface area contributed by atoms with Crippen LogP contribution < -0.4 is 5.32 Å². The molecule has 3 rings (SSSR count). The van der Waals surface area contributed by atoms with Gasteiger partial charge in [-0.25, -0.2) is 0 Å². The molecule has 1 aromatic heterocycles. The average molecular weight is 332 g/mol. The van der Waals surface area contributed by atoms with E-state index in [-0.39, 0.29) is 11.9 Å². The molecule has 3 aromatic rings. The maximum atomic E-state index is 12.5. The maximum absolute atomic E-state index is 12.5. The van der Waals surface area contributed by atoms with E-state index in [1.165, 1.54) is 11.1 Å². The third-order valence-electron chi connectivity index (χ3n) is 4.37. The van der Waals surface area contributed by atoms with Gasteiger partial charge in [0.05, 0.1) is 12.5 Å². The SMILES string of the molecule is Cc1cccc([C@H](CC(=O)NCCc2ccccc2)n2cccc2)c1. The predicted molar refractivity (Wildman–Crippen MR) is 102 cm³/mol. The largest absolute Gasteiger partial charge is 0.356 e. The summed E-state index contributed by atoms with van der Waals surface area (Å²) in [5.41, 5.74) is 3.61. The Morgan fingerprint density at radius 2 is 1.76 bits per heavy atom. The second kappa shape index (κ2) is 8.34. The maximum Gasteiger partial charge on any atom is 0.222 e. The highest BCUT2D eigenvalue weighted by Crippen LogP contribution is 2.23. The molecule has 0 unspecified atom stereocenters. The van der Waals surface area contributed by atoms with Gasteiger partial charge in [0, 0.05) is 18.9 Å². The molecule has 0 saturated heterocycles. The van der Waals surface area contributed by atoms with E-state index in [9.17, 15) is 4.79 Å². The van der Waals surface area contributed by atoms with Crippen molar-refractivity contribution in [1.82, 2.24) is 9.88 Å². The summed E-state index contributed by atoms with van der Waals surface area (Å²) in [6.07, 6.45) is 5.33. The smallest absolute Gasteiger partial charge is 0.222 e. The van der Waals surface area contributed by atoms with Gasteiger partial charge in [0.1, 0.15) is 0 Å². The molecule has 0 bridgehead atoms. The van der Waals surface area contributed by atoms with Crippen molar-refractivity contribution in [2.45, 2.75) is 25.8 Å². The Bertz CT molecular complexity index is 794. The van der Waals surface area contributed by atoms with Crippen LogP contribution in [0.3, 0.4) is 0 Å². The lowest BCUT2D eigenvalue weighted by atomic mass is 10.0. The van der Waals surface area contributed by atoms with Crippen LogP contribution in [0.5, 0.6) is 0 Å². The fraction of sp³-hybridized carbons (Fsp3) is 0.227. The molecule has 1 atom stereocenters. The minimum absolute atomic E-state index is 0.0200. The Morgan fingerprint density at radius 3 is 2.48 bits per heavy atom. The minimum Gasteiger partial charge on any atom is -0.356 e. The van der Waals surface area contributed by atoms with Gasteiger partial charge < -0.3 is 9.88 Å². The predicted octanol–water partition coefficient (Wildman–Crippen LogP) is 4.13. The zero-order chi connectivity index (χ0) is 17.5. The average Bonchev–Trinajstić information content (AvgIpc) is 3.15. The first-order chi connectivity index (χ1) is 12.2. The number of hydrogen-bond donors (Lipinski definition) is 1. The van der Waals surface area contributed by atoms with Gasteiger partial charge in [0.15, 0.2) is 0 Å². The summed E-state index contributed by atoms with van der Waals surface area (Å²) < 4.78 is 2.10. The molecule has 2 aromatic carbocycles. The standard InChI is InChI=1S/C22H24N2O/c1-18-8-7-11-20(16-18)21(24-14-5-6-15-24)17-22(25)23-13-12-19-9-3-2-4-10-19/h2-11,14-16,21H,12-13,17H2,1H3,(H,23,25)/t21-/m0/s1. The fourth-order valence-electron chi connectivity index (χ4n) is 3.07. The number of hydrogen-bond acceptors (Lipinski definition) is 1. The van der Waals surface area contributed by atoms with Crippen molar-refractivity contribution >= 4 is 5.91 Å². The van der Waals surface area contributed by atoms with Crippen molar-refractivity contribution in [2.75, 3.05) is 6.54 Å². The monoisotopic (exact) mass is 332 g/mol. The van der Waals surface area contributed by atoms with Crippen molar-refractivity contribution in [3.63, 3.8) is 0 Å². The Balaban J connectivity index is 1.63. The van der Waals surface area contributed by atoms with Crippen LogP contribution >= 0.6 is 0 Å². The molecule has 1 heterocycles. The van der Waals surface area contributed by atoms with Gasteiger partial charge in [-0.2, -0.15) is 0 Å². The van der Waals surface area contributed by atoms with Crippen molar-refractivity contribution in [2.24, 2.45) is 0 Å². The molecule has 0 aliphatic heterocycles. The van der Waals surface area contributed by atoms with E-state index in [2.05, 4.69) is 53.2 Å². The van der Waals surface area contributed by atoms with Crippen molar-refractivity contribution in [1.29, 1.82) is 0 Å². The molecule has 0 saturated carbocycles. The Labute approximate surface area is 149 Å². The molecule has 3 heteroatoms. The van der Waals surface area contributed by atoms with Crippen LogP contribution in [0.25, 0.3) is 0 Å². The van der Waals surface area contributed by atoms with Crippen LogP contribution in [0.1, 0.15) is 29.2 Å². The Kier molecular flexibility index (Phi) is 5.68. The van der Waals surface area contributed by atoms with Crippen molar-refractivity contribution < 1.29 is 4.79 Å². The number of rotatable bonds is 7.